The molecule has 0 N–H and O–H groups in total. The molecule has 16 heavy (non-hydrogen) atoms. The van der Waals surface area contributed by atoms with E-state index in [1.54, 1.807) is 20.3 Å². The lowest BCUT2D eigenvalue weighted by atomic mass is 9.78. The molecule has 0 spiro atoms. The van der Waals surface area contributed by atoms with Crippen molar-refractivity contribution >= 4 is 6.29 Å². The Morgan fingerprint density at radius 3 is 2.25 bits per heavy atom. The molecule has 0 amide bonds. The lowest BCUT2D eigenvalue weighted by molar-refractivity contribution is 0.112. The maximum atomic E-state index is 11.0. The van der Waals surface area contributed by atoms with Crippen LogP contribution >= 0.6 is 0 Å². The predicted octanol–water partition coefficient (Wildman–Crippen LogP) is 2.78. The number of aldehydes is 1. The first-order chi connectivity index (χ1) is 7.80. The van der Waals surface area contributed by atoms with Crippen molar-refractivity contribution in [3.05, 3.63) is 23.3 Å². The molecule has 3 nitrogen and oxygen atoms in total. The number of ether oxygens (including phenoxy) is 2. The zero-order valence-electron chi connectivity index (χ0n) is 9.66. The summed E-state index contributed by atoms with van der Waals surface area (Å²) in [6, 6.07) is 3.70. The highest BCUT2D eigenvalue weighted by molar-refractivity contribution is 5.79. The van der Waals surface area contributed by atoms with Gasteiger partial charge in [0.05, 0.1) is 14.2 Å². The zero-order valence-corrected chi connectivity index (χ0v) is 9.66. The molecule has 1 aliphatic rings. The summed E-state index contributed by atoms with van der Waals surface area (Å²) in [4.78, 5) is 11.0. The summed E-state index contributed by atoms with van der Waals surface area (Å²) in [5.74, 6) is 1.84. The molecule has 0 aliphatic heterocycles. The number of carbonyl (C=O) groups is 1. The van der Waals surface area contributed by atoms with Crippen molar-refractivity contribution in [3.8, 4) is 11.5 Å². The van der Waals surface area contributed by atoms with E-state index >= 15 is 0 Å². The van der Waals surface area contributed by atoms with Gasteiger partial charge >= 0.3 is 0 Å². The van der Waals surface area contributed by atoms with Crippen LogP contribution in [-0.4, -0.2) is 20.5 Å². The number of hydrogen-bond acceptors (Lipinski definition) is 3. The molecule has 0 radical (unpaired) electrons. The first-order valence-corrected chi connectivity index (χ1v) is 5.51. The van der Waals surface area contributed by atoms with Crippen molar-refractivity contribution in [3.63, 3.8) is 0 Å². The third kappa shape index (κ3) is 1.77. The topological polar surface area (TPSA) is 35.5 Å². The monoisotopic (exact) mass is 220 g/mol. The molecule has 3 heteroatoms. The zero-order chi connectivity index (χ0) is 11.5. The molecule has 86 valence electrons. The normalized spacial score (nSPS) is 15.4. The van der Waals surface area contributed by atoms with Crippen LogP contribution in [0, 0.1) is 0 Å². The van der Waals surface area contributed by atoms with E-state index in [0.29, 0.717) is 17.4 Å². The maximum Gasteiger partial charge on any atom is 0.161 e. The molecule has 0 saturated heterocycles. The minimum absolute atomic E-state index is 0.514. The van der Waals surface area contributed by atoms with E-state index in [2.05, 4.69) is 0 Å². The molecule has 0 bridgehead atoms. The second kappa shape index (κ2) is 4.56. The summed E-state index contributed by atoms with van der Waals surface area (Å²) in [6.45, 7) is 0. The van der Waals surface area contributed by atoms with E-state index in [1.807, 2.05) is 6.07 Å². The molecular formula is C13H16O3. The molecule has 1 fully saturated rings. The molecule has 2 rings (SSSR count). The van der Waals surface area contributed by atoms with Gasteiger partial charge in [0, 0.05) is 5.56 Å². The molecule has 0 unspecified atom stereocenters. The van der Waals surface area contributed by atoms with Gasteiger partial charge in [-0.2, -0.15) is 0 Å². The lowest BCUT2D eigenvalue weighted by Gasteiger charge is -2.27. The van der Waals surface area contributed by atoms with Gasteiger partial charge in [0.15, 0.2) is 11.5 Å². The van der Waals surface area contributed by atoms with E-state index in [0.717, 1.165) is 30.3 Å². The van der Waals surface area contributed by atoms with Gasteiger partial charge in [-0.05, 0) is 36.5 Å². The van der Waals surface area contributed by atoms with Crippen LogP contribution in [0.1, 0.15) is 41.1 Å². The molecule has 0 heterocycles. The van der Waals surface area contributed by atoms with Gasteiger partial charge in [0.25, 0.3) is 0 Å². The van der Waals surface area contributed by atoms with Crippen LogP contribution in [0.2, 0.25) is 0 Å². The van der Waals surface area contributed by atoms with Crippen LogP contribution in [0.3, 0.4) is 0 Å². The summed E-state index contributed by atoms with van der Waals surface area (Å²) in [7, 11) is 3.19. The summed E-state index contributed by atoms with van der Waals surface area (Å²) in [5, 5.41) is 0. The summed E-state index contributed by atoms with van der Waals surface area (Å²) >= 11 is 0. The van der Waals surface area contributed by atoms with Gasteiger partial charge in [-0.25, -0.2) is 0 Å². The van der Waals surface area contributed by atoms with Crippen molar-refractivity contribution in [1.29, 1.82) is 0 Å². The van der Waals surface area contributed by atoms with Gasteiger partial charge in [0.1, 0.15) is 6.29 Å². The Morgan fingerprint density at radius 1 is 1.19 bits per heavy atom. The van der Waals surface area contributed by atoms with Crippen molar-refractivity contribution in [2.75, 3.05) is 14.2 Å². The minimum Gasteiger partial charge on any atom is -0.493 e. The largest absolute Gasteiger partial charge is 0.493 e. The number of methoxy groups -OCH3 is 2. The number of hydrogen-bond donors (Lipinski definition) is 0. The Morgan fingerprint density at radius 2 is 1.81 bits per heavy atom. The third-order valence-electron chi connectivity index (χ3n) is 3.26. The Bertz CT molecular complexity index is 394. The molecule has 1 aromatic rings. The van der Waals surface area contributed by atoms with Gasteiger partial charge in [-0.15, -0.1) is 0 Å². The first kappa shape index (κ1) is 11.0. The number of benzene rings is 1. The summed E-state index contributed by atoms with van der Waals surface area (Å²) in [6.07, 6.45) is 4.47. The average molecular weight is 220 g/mol. The van der Waals surface area contributed by atoms with Crippen LogP contribution in [-0.2, 0) is 0 Å². The highest BCUT2D eigenvalue weighted by Crippen LogP contribution is 2.41. The van der Waals surface area contributed by atoms with Gasteiger partial charge in [0.2, 0.25) is 0 Å². The van der Waals surface area contributed by atoms with Gasteiger partial charge in [-0.1, -0.05) is 6.42 Å². The SMILES string of the molecule is COc1cc(C=O)c(C2CCC2)cc1OC. The number of carbonyl (C=O) groups excluding carboxylic acids is 1. The molecular weight excluding hydrogens is 204 g/mol. The summed E-state index contributed by atoms with van der Waals surface area (Å²) < 4.78 is 10.4. The van der Waals surface area contributed by atoms with Crippen LogP contribution in [0.5, 0.6) is 11.5 Å². The van der Waals surface area contributed by atoms with Gasteiger partial charge < -0.3 is 9.47 Å². The smallest absolute Gasteiger partial charge is 0.161 e. The Balaban J connectivity index is 2.45. The van der Waals surface area contributed by atoms with Crippen LogP contribution in [0.15, 0.2) is 12.1 Å². The van der Waals surface area contributed by atoms with E-state index in [1.165, 1.54) is 6.42 Å². The van der Waals surface area contributed by atoms with E-state index in [9.17, 15) is 4.79 Å². The highest BCUT2D eigenvalue weighted by Gasteiger charge is 2.24. The number of rotatable bonds is 4. The molecule has 0 atom stereocenters. The fourth-order valence-corrected chi connectivity index (χ4v) is 2.09. The molecule has 1 saturated carbocycles. The maximum absolute atomic E-state index is 11.0. The fourth-order valence-electron chi connectivity index (χ4n) is 2.09. The van der Waals surface area contributed by atoms with Crippen LogP contribution in [0.25, 0.3) is 0 Å². The average Bonchev–Trinajstić information content (AvgIpc) is 2.26. The summed E-state index contributed by atoms with van der Waals surface area (Å²) in [5.41, 5.74) is 1.82. The minimum atomic E-state index is 0.514. The van der Waals surface area contributed by atoms with Crippen molar-refractivity contribution in [2.24, 2.45) is 0 Å². The van der Waals surface area contributed by atoms with Crippen molar-refractivity contribution < 1.29 is 14.3 Å². The van der Waals surface area contributed by atoms with Crippen LogP contribution < -0.4 is 9.47 Å². The van der Waals surface area contributed by atoms with E-state index in [-0.39, 0.29) is 0 Å². The molecule has 1 aliphatic carbocycles. The molecule has 1 aromatic carbocycles. The van der Waals surface area contributed by atoms with Crippen molar-refractivity contribution in [1.82, 2.24) is 0 Å². The molecule has 0 aromatic heterocycles. The highest BCUT2D eigenvalue weighted by atomic mass is 16.5. The van der Waals surface area contributed by atoms with Crippen LogP contribution in [0.4, 0.5) is 0 Å². The van der Waals surface area contributed by atoms with E-state index < -0.39 is 0 Å². The standard InChI is InChI=1S/C13H16O3/c1-15-12-6-10(8-14)11(7-13(12)16-2)9-4-3-5-9/h6-9H,3-5H2,1-2H3. The van der Waals surface area contributed by atoms with Gasteiger partial charge in [-0.3, -0.25) is 4.79 Å². The quantitative estimate of drug-likeness (QED) is 0.732. The Labute approximate surface area is 95.4 Å². The second-order valence-electron chi connectivity index (χ2n) is 4.08. The third-order valence-corrected chi connectivity index (χ3v) is 3.26. The van der Waals surface area contributed by atoms with E-state index in [4.69, 9.17) is 9.47 Å². The Kier molecular flexibility index (Phi) is 3.13. The predicted molar refractivity (Wildman–Crippen MR) is 61.5 cm³/mol. The fraction of sp³-hybridized carbons (Fsp3) is 0.462. The lowest BCUT2D eigenvalue weighted by Crippen LogP contribution is -2.11. The van der Waals surface area contributed by atoms with Crippen molar-refractivity contribution in [2.45, 2.75) is 25.2 Å². The first-order valence-electron chi connectivity index (χ1n) is 5.51. The second-order valence-corrected chi connectivity index (χ2v) is 4.08. The Hall–Kier alpha value is -1.51.